The zero-order chi connectivity index (χ0) is 19.4. The first-order chi connectivity index (χ1) is 12.1. The fourth-order valence-corrected chi connectivity index (χ4v) is 2.59. The molecule has 0 fully saturated rings. The second kappa shape index (κ2) is 7.92. The summed E-state index contributed by atoms with van der Waals surface area (Å²) in [4.78, 5) is 9.13. The van der Waals surface area contributed by atoms with Crippen molar-refractivity contribution in [2.24, 2.45) is 5.16 Å². The van der Waals surface area contributed by atoms with Crippen LogP contribution in [0.15, 0.2) is 47.8 Å². The zero-order valence-corrected chi connectivity index (χ0v) is 14.9. The molecule has 0 spiro atoms. The lowest BCUT2D eigenvalue weighted by molar-refractivity contribution is -0.0429. The molecular formula is C15H13ClF3N3O3S. The van der Waals surface area contributed by atoms with Crippen LogP contribution in [0.5, 0.6) is 0 Å². The lowest BCUT2D eigenvalue weighted by atomic mass is 10.1. The Morgan fingerprint density at radius 3 is 2.65 bits per heavy atom. The largest absolute Gasteiger partial charge is 0.516 e. The Labute approximate surface area is 152 Å². The Bertz CT molecular complexity index is 903. The zero-order valence-electron chi connectivity index (χ0n) is 13.3. The van der Waals surface area contributed by atoms with Gasteiger partial charge in [-0.1, -0.05) is 22.8 Å². The van der Waals surface area contributed by atoms with E-state index >= 15 is 0 Å². The molecule has 0 saturated heterocycles. The molecule has 1 heterocycles. The fraction of sp³-hybridized carbons (Fsp3) is 0.200. The van der Waals surface area contributed by atoms with Crippen molar-refractivity contribution in [1.82, 2.24) is 4.98 Å². The minimum atomic E-state index is -5.58. The van der Waals surface area contributed by atoms with Gasteiger partial charge in [0.25, 0.3) is 0 Å². The van der Waals surface area contributed by atoms with Crippen LogP contribution in [0.1, 0.15) is 18.2 Å². The topological polar surface area (TPSA) is 80.7 Å². The Morgan fingerprint density at radius 1 is 1.31 bits per heavy atom. The van der Waals surface area contributed by atoms with Gasteiger partial charge in [-0.25, -0.2) is 0 Å². The van der Waals surface area contributed by atoms with Gasteiger partial charge in [-0.05, 0) is 37.3 Å². The van der Waals surface area contributed by atoms with E-state index < -0.39 is 15.5 Å². The van der Waals surface area contributed by atoms with Gasteiger partial charge in [-0.2, -0.15) is 21.6 Å². The number of halogens is 4. The van der Waals surface area contributed by atoms with Gasteiger partial charge in [0.15, 0.2) is 6.61 Å². The number of nitrogens with one attached hydrogen (secondary N) is 1. The van der Waals surface area contributed by atoms with Crippen molar-refractivity contribution < 1.29 is 26.4 Å². The number of hydrogen-bond acceptors (Lipinski definition) is 5. The highest BCUT2D eigenvalue weighted by atomic mass is 35.5. The van der Waals surface area contributed by atoms with E-state index in [9.17, 15) is 21.6 Å². The summed E-state index contributed by atoms with van der Waals surface area (Å²) < 4.78 is 61.9. The number of rotatable bonds is 6. The molecule has 2 rings (SSSR count). The first-order valence-electron chi connectivity index (χ1n) is 7.05. The lowest BCUT2D eigenvalue weighted by Gasteiger charge is -2.14. The van der Waals surface area contributed by atoms with E-state index in [0.717, 1.165) is 6.07 Å². The van der Waals surface area contributed by atoms with E-state index in [2.05, 4.69) is 10.1 Å². The Balaban J connectivity index is 2.24. The summed E-state index contributed by atoms with van der Waals surface area (Å²) in [6.45, 7) is 1.47. The SMILES string of the molecule is C/C(=N\OCc1ccccn1)c1cc(Cl)ccc1NS(=O)(=O)C(F)(F)F. The number of sulfonamides is 1. The molecule has 140 valence electrons. The average molecular weight is 408 g/mol. The molecule has 0 atom stereocenters. The van der Waals surface area contributed by atoms with Crippen LogP contribution in [0.2, 0.25) is 5.02 Å². The van der Waals surface area contributed by atoms with Crippen molar-refractivity contribution in [3.63, 3.8) is 0 Å². The van der Waals surface area contributed by atoms with E-state index in [0.29, 0.717) is 5.69 Å². The summed E-state index contributed by atoms with van der Waals surface area (Å²) in [7, 11) is -5.58. The van der Waals surface area contributed by atoms with E-state index in [1.807, 2.05) is 0 Å². The third-order valence-electron chi connectivity index (χ3n) is 3.06. The maximum Gasteiger partial charge on any atom is 0.516 e. The van der Waals surface area contributed by atoms with Crippen LogP contribution in [0.3, 0.4) is 0 Å². The van der Waals surface area contributed by atoms with Crippen molar-refractivity contribution in [2.75, 3.05) is 4.72 Å². The molecule has 1 aromatic carbocycles. The summed E-state index contributed by atoms with van der Waals surface area (Å²) in [6, 6.07) is 8.82. The predicted octanol–water partition coefficient (Wildman–Crippen LogP) is 3.94. The predicted molar refractivity (Wildman–Crippen MR) is 91.3 cm³/mol. The van der Waals surface area contributed by atoms with Crippen molar-refractivity contribution in [2.45, 2.75) is 19.0 Å². The highest BCUT2D eigenvalue weighted by Crippen LogP contribution is 2.28. The summed E-state index contributed by atoms with van der Waals surface area (Å²) in [5.74, 6) is 0. The molecular weight excluding hydrogens is 395 g/mol. The van der Waals surface area contributed by atoms with Gasteiger partial charge >= 0.3 is 15.5 Å². The first kappa shape index (κ1) is 20.0. The van der Waals surface area contributed by atoms with Gasteiger partial charge in [0.1, 0.15) is 0 Å². The molecule has 6 nitrogen and oxygen atoms in total. The van der Waals surface area contributed by atoms with Gasteiger partial charge in [-0.3, -0.25) is 9.71 Å². The van der Waals surface area contributed by atoms with Gasteiger partial charge in [-0.15, -0.1) is 0 Å². The molecule has 0 saturated carbocycles. The Kier molecular flexibility index (Phi) is 6.09. The lowest BCUT2D eigenvalue weighted by Crippen LogP contribution is -2.30. The summed E-state index contributed by atoms with van der Waals surface area (Å²) in [6.07, 6.45) is 1.57. The number of benzene rings is 1. The third kappa shape index (κ3) is 5.09. The summed E-state index contributed by atoms with van der Waals surface area (Å²) in [5, 5.41) is 3.97. The van der Waals surface area contributed by atoms with Gasteiger partial charge < -0.3 is 4.84 Å². The molecule has 0 aliphatic carbocycles. The van der Waals surface area contributed by atoms with E-state index in [4.69, 9.17) is 16.4 Å². The quantitative estimate of drug-likeness (QED) is 0.581. The van der Waals surface area contributed by atoms with E-state index in [1.54, 1.807) is 24.4 Å². The number of anilines is 1. The maximum absolute atomic E-state index is 12.6. The smallest absolute Gasteiger partial charge is 0.389 e. The number of hydrogen-bond donors (Lipinski definition) is 1. The number of aromatic nitrogens is 1. The normalized spacial score (nSPS) is 12.7. The molecule has 0 amide bonds. The van der Waals surface area contributed by atoms with Gasteiger partial charge in [0, 0.05) is 16.8 Å². The van der Waals surface area contributed by atoms with Crippen LogP contribution in [0.4, 0.5) is 18.9 Å². The fourth-order valence-electron chi connectivity index (χ4n) is 1.84. The molecule has 0 bridgehead atoms. The van der Waals surface area contributed by atoms with Crippen LogP contribution < -0.4 is 4.72 Å². The molecule has 0 unspecified atom stereocenters. The monoisotopic (exact) mass is 407 g/mol. The second-order valence-corrected chi connectivity index (χ2v) is 7.12. The molecule has 11 heteroatoms. The van der Waals surface area contributed by atoms with Crippen molar-refractivity contribution in [1.29, 1.82) is 0 Å². The Morgan fingerprint density at radius 2 is 2.04 bits per heavy atom. The summed E-state index contributed by atoms with van der Waals surface area (Å²) in [5.41, 5.74) is -5.01. The van der Waals surface area contributed by atoms with Crippen molar-refractivity contribution in [3.05, 3.63) is 58.9 Å². The molecule has 1 N–H and O–H groups in total. The standard InChI is InChI=1S/C15H13ClF3N3O3S/c1-10(21-25-9-12-4-2-3-7-20-12)13-8-11(16)5-6-14(13)22-26(23,24)15(17,18)19/h2-8,22H,9H2,1H3/b21-10+. The maximum atomic E-state index is 12.6. The molecule has 0 radical (unpaired) electrons. The highest BCUT2D eigenvalue weighted by Gasteiger charge is 2.46. The van der Waals surface area contributed by atoms with Gasteiger partial charge in [0.05, 0.1) is 17.1 Å². The molecule has 26 heavy (non-hydrogen) atoms. The third-order valence-corrected chi connectivity index (χ3v) is 4.39. The van der Waals surface area contributed by atoms with Crippen molar-refractivity contribution in [3.8, 4) is 0 Å². The highest BCUT2D eigenvalue weighted by molar-refractivity contribution is 7.93. The molecule has 2 aromatic rings. The molecule has 0 aliphatic rings. The first-order valence-corrected chi connectivity index (χ1v) is 8.92. The van der Waals surface area contributed by atoms with Gasteiger partial charge in [0.2, 0.25) is 0 Å². The number of pyridine rings is 1. The molecule has 1 aromatic heterocycles. The van der Waals surface area contributed by atoms with E-state index in [1.165, 1.54) is 23.8 Å². The van der Waals surface area contributed by atoms with Crippen LogP contribution in [0, 0.1) is 0 Å². The minimum Gasteiger partial charge on any atom is -0.389 e. The Hall–Kier alpha value is -2.33. The van der Waals surface area contributed by atoms with Crippen LogP contribution in [0.25, 0.3) is 0 Å². The minimum absolute atomic E-state index is 0.0301. The van der Waals surface area contributed by atoms with Crippen LogP contribution in [-0.4, -0.2) is 24.6 Å². The van der Waals surface area contributed by atoms with E-state index in [-0.39, 0.29) is 28.6 Å². The summed E-state index contributed by atoms with van der Waals surface area (Å²) >= 11 is 5.85. The second-order valence-electron chi connectivity index (χ2n) is 5.01. The average Bonchev–Trinajstić information content (AvgIpc) is 2.56. The number of oxime groups is 1. The number of alkyl halides is 3. The van der Waals surface area contributed by atoms with Crippen LogP contribution in [-0.2, 0) is 21.5 Å². The number of nitrogens with zero attached hydrogens (tertiary/aromatic N) is 2. The van der Waals surface area contributed by atoms with Crippen molar-refractivity contribution >= 4 is 33.0 Å². The van der Waals surface area contributed by atoms with Crippen LogP contribution >= 0.6 is 11.6 Å². The molecule has 0 aliphatic heterocycles.